The Morgan fingerprint density at radius 3 is 2.58 bits per heavy atom. The summed E-state index contributed by atoms with van der Waals surface area (Å²) >= 11 is 2.76. The third-order valence-corrected chi connectivity index (χ3v) is 7.02. The summed E-state index contributed by atoms with van der Waals surface area (Å²) in [5, 5.41) is 4.02. The van der Waals surface area contributed by atoms with Crippen molar-refractivity contribution in [1.29, 1.82) is 0 Å². The zero-order valence-corrected chi connectivity index (χ0v) is 20.2. The normalized spacial score (nSPS) is 11.8. The van der Waals surface area contributed by atoms with Crippen molar-refractivity contribution in [2.45, 2.75) is 32.6 Å². The molecule has 1 amide bonds. The number of aryl methyl sites for hydroxylation is 1. The van der Waals surface area contributed by atoms with Gasteiger partial charge in [-0.05, 0) is 62.5 Å². The predicted molar refractivity (Wildman–Crippen MR) is 130 cm³/mol. The number of amides is 1. The number of nitrogens with zero attached hydrogens (tertiary/aromatic N) is 1. The van der Waals surface area contributed by atoms with Gasteiger partial charge in [0.2, 0.25) is 11.7 Å². The molecule has 0 fully saturated rings. The topological polar surface area (TPSA) is 77.4 Å². The summed E-state index contributed by atoms with van der Waals surface area (Å²) in [6.07, 6.45) is 0. The molecular formula is C24H25FN2O4S2. The van der Waals surface area contributed by atoms with Gasteiger partial charge in [0, 0.05) is 27.5 Å². The van der Waals surface area contributed by atoms with Crippen LogP contribution in [0.5, 0.6) is 0 Å². The van der Waals surface area contributed by atoms with Crippen LogP contribution in [0.3, 0.4) is 0 Å². The molecule has 2 aromatic heterocycles. The molecule has 174 valence electrons. The van der Waals surface area contributed by atoms with E-state index in [-0.39, 0.29) is 24.1 Å². The van der Waals surface area contributed by atoms with Crippen LogP contribution in [0.2, 0.25) is 0 Å². The maximum absolute atomic E-state index is 12.9. The van der Waals surface area contributed by atoms with Crippen LogP contribution in [0.25, 0.3) is 0 Å². The first-order valence-corrected chi connectivity index (χ1v) is 12.2. The van der Waals surface area contributed by atoms with E-state index in [1.807, 2.05) is 37.4 Å². The molecule has 0 radical (unpaired) electrons. The van der Waals surface area contributed by atoms with Crippen LogP contribution in [0.1, 0.15) is 33.5 Å². The number of ether oxygens (including phenoxy) is 1. The highest BCUT2D eigenvalue weighted by molar-refractivity contribution is 8.01. The van der Waals surface area contributed by atoms with E-state index in [4.69, 9.17) is 4.74 Å². The van der Waals surface area contributed by atoms with Crippen molar-refractivity contribution in [1.82, 2.24) is 4.57 Å². The van der Waals surface area contributed by atoms with Crippen molar-refractivity contribution in [2.75, 3.05) is 17.7 Å². The van der Waals surface area contributed by atoms with Gasteiger partial charge in [-0.25, -0.2) is 4.39 Å². The second kappa shape index (κ2) is 11.3. The van der Waals surface area contributed by atoms with E-state index in [1.54, 1.807) is 18.3 Å². The Kier molecular flexibility index (Phi) is 8.46. The Labute approximate surface area is 200 Å². The molecule has 0 aliphatic carbocycles. The average molecular weight is 489 g/mol. The smallest absolute Gasteiger partial charge is 0.319 e. The van der Waals surface area contributed by atoms with E-state index >= 15 is 0 Å². The number of thioether (sulfide) groups is 1. The third kappa shape index (κ3) is 6.79. The number of esters is 1. The van der Waals surface area contributed by atoms with Crippen molar-refractivity contribution in [3.05, 3.63) is 75.5 Å². The van der Waals surface area contributed by atoms with Gasteiger partial charge in [-0.3, -0.25) is 14.4 Å². The van der Waals surface area contributed by atoms with E-state index in [0.29, 0.717) is 17.8 Å². The molecule has 33 heavy (non-hydrogen) atoms. The lowest BCUT2D eigenvalue weighted by Gasteiger charge is -2.11. The maximum atomic E-state index is 12.9. The highest BCUT2D eigenvalue weighted by Gasteiger charge is 2.21. The van der Waals surface area contributed by atoms with Gasteiger partial charge in [0.25, 0.3) is 0 Å². The third-order valence-electron chi connectivity index (χ3n) is 5.04. The summed E-state index contributed by atoms with van der Waals surface area (Å²) < 4.78 is 20.2. The Morgan fingerprint density at radius 2 is 1.91 bits per heavy atom. The molecule has 0 spiro atoms. The first-order chi connectivity index (χ1) is 15.7. The summed E-state index contributed by atoms with van der Waals surface area (Å²) in [6, 6.07) is 11.3. The summed E-state index contributed by atoms with van der Waals surface area (Å²) in [5.74, 6) is -1.51. The number of halogens is 1. The second-order valence-electron chi connectivity index (χ2n) is 7.49. The molecule has 6 nitrogen and oxygen atoms in total. The minimum atomic E-state index is -0.622. The van der Waals surface area contributed by atoms with Crippen LogP contribution in [-0.4, -0.2) is 39.8 Å². The molecule has 1 N–H and O–H groups in total. The molecule has 9 heteroatoms. The number of Topliss-reactive ketones (excluding diaryl/α,β-unsaturated/α-hetero) is 1. The average Bonchev–Trinajstić information content (AvgIpc) is 3.41. The monoisotopic (exact) mass is 488 g/mol. The summed E-state index contributed by atoms with van der Waals surface area (Å²) in [4.78, 5) is 38.2. The van der Waals surface area contributed by atoms with Gasteiger partial charge in [0.05, 0.1) is 12.3 Å². The fraction of sp³-hybridized carbons (Fsp3) is 0.292. The Morgan fingerprint density at radius 1 is 1.18 bits per heavy atom. The van der Waals surface area contributed by atoms with Crippen molar-refractivity contribution in [3.63, 3.8) is 0 Å². The van der Waals surface area contributed by atoms with Gasteiger partial charge in [-0.1, -0.05) is 6.07 Å². The molecule has 1 aromatic carbocycles. The summed E-state index contributed by atoms with van der Waals surface area (Å²) in [5.41, 5.74) is 2.81. The number of nitrogens with one attached hydrogen (secondary N) is 1. The number of aromatic nitrogens is 1. The van der Waals surface area contributed by atoms with Gasteiger partial charge in [-0.2, -0.15) is 0 Å². The van der Waals surface area contributed by atoms with Gasteiger partial charge in [0.1, 0.15) is 11.1 Å². The van der Waals surface area contributed by atoms with Crippen LogP contribution in [-0.2, 0) is 20.9 Å². The molecule has 0 bridgehead atoms. The van der Waals surface area contributed by atoms with Gasteiger partial charge >= 0.3 is 5.97 Å². The molecule has 1 unspecified atom stereocenters. The van der Waals surface area contributed by atoms with Crippen molar-refractivity contribution in [2.24, 2.45) is 0 Å². The molecular weight excluding hydrogens is 463 g/mol. The Balaban J connectivity index is 1.47. The SMILES string of the molecule is Cc1cc(C(=O)COC(=O)C(C)SCC(=O)Nc2ccc(F)cc2)c(C)n1Cc1cccs1. The summed E-state index contributed by atoms with van der Waals surface area (Å²) in [6.45, 7) is 5.79. The van der Waals surface area contributed by atoms with Crippen LogP contribution in [0, 0.1) is 19.7 Å². The standard InChI is InChI=1S/C24H25FN2O4S2/c1-15-11-21(16(2)27(15)12-20-5-4-10-32-20)22(28)13-31-24(30)17(3)33-14-23(29)26-19-8-6-18(25)7-9-19/h4-11,17H,12-14H2,1-3H3,(H,26,29). The van der Waals surface area contributed by atoms with Crippen LogP contribution in [0.15, 0.2) is 47.8 Å². The lowest BCUT2D eigenvalue weighted by molar-refractivity contribution is -0.141. The van der Waals surface area contributed by atoms with Gasteiger partial charge in [0.15, 0.2) is 6.61 Å². The van der Waals surface area contributed by atoms with Crippen LogP contribution >= 0.6 is 23.1 Å². The van der Waals surface area contributed by atoms with Crippen LogP contribution < -0.4 is 5.32 Å². The maximum Gasteiger partial charge on any atom is 0.319 e. The first-order valence-electron chi connectivity index (χ1n) is 10.3. The molecule has 0 saturated carbocycles. The first kappa shape index (κ1) is 24.7. The van der Waals surface area contributed by atoms with E-state index in [9.17, 15) is 18.8 Å². The minimum Gasteiger partial charge on any atom is -0.456 e. The van der Waals surface area contributed by atoms with Crippen LogP contribution in [0.4, 0.5) is 10.1 Å². The number of hydrogen-bond donors (Lipinski definition) is 1. The van der Waals surface area contributed by atoms with Crippen molar-refractivity contribution < 1.29 is 23.5 Å². The van der Waals surface area contributed by atoms with Crippen molar-refractivity contribution in [3.8, 4) is 0 Å². The number of ketones is 1. The molecule has 3 aromatic rings. The summed E-state index contributed by atoms with van der Waals surface area (Å²) in [7, 11) is 0. The minimum absolute atomic E-state index is 0.0193. The Bertz CT molecular complexity index is 1120. The molecule has 0 aliphatic rings. The number of benzene rings is 1. The van der Waals surface area contributed by atoms with Gasteiger partial charge < -0.3 is 14.6 Å². The van der Waals surface area contributed by atoms with Crippen molar-refractivity contribution >= 4 is 46.4 Å². The zero-order chi connectivity index (χ0) is 24.0. The Hall–Kier alpha value is -2.91. The highest BCUT2D eigenvalue weighted by atomic mass is 32.2. The number of carbonyl (C=O) groups is 3. The number of rotatable bonds is 10. The van der Waals surface area contributed by atoms with E-state index in [1.165, 1.54) is 29.1 Å². The van der Waals surface area contributed by atoms with Gasteiger partial charge in [-0.15, -0.1) is 23.1 Å². The predicted octanol–water partition coefficient (Wildman–Crippen LogP) is 4.84. The lowest BCUT2D eigenvalue weighted by atomic mass is 10.1. The number of carbonyl (C=O) groups excluding carboxylic acids is 3. The molecule has 0 aliphatic heterocycles. The molecule has 0 saturated heterocycles. The number of hydrogen-bond acceptors (Lipinski definition) is 6. The molecule has 2 heterocycles. The van der Waals surface area contributed by atoms with E-state index in [2.05, 4.69) is 9.88 Å². The van der Waals surface area contributed by atoms with E-state index < -0.39 is 17.0 Å². The second-order valence-corrected chi connectivity index (χ2v) is 9.85. The number of thiophene rings is 1. The zero-order valence-electron chi connectivity index (χ0n) is 18.6. The molecule has 1 atom stereocenters. The number of anilines is 1. The fourth-order valence-corrected chi connectivity index (χ4v) is 4.59. The largest absolute Gasteiger partial charge is 0.456 e. The fourth-order valence-electron chi connectivity index (χ4n) is 3.22. The lowest BCUT2D eigenvalue weighted by Crippen LogP contribution is -2.24. The highest BCUT2D eigenvalue weighted by Crippen LogP contribution is 2.20. The van der Waals surface area contributed by atoms with E-state index in [0.717, 1.165) is 23.1 Å². The molecule has 3 rings (SSSR count). The quantitative estimate of drug-likeness (QED) is 0.326.